The molecule has 1 unspecified atom stereocenters. The summed E-state index contributed by atoms with van der Waals surface area (Å²) >= 11 is 0. The normalized spacial score (nSPS) is 11.9. The predicted molar refractivity (Wildman–Crippen MR) is 63.1 cm³/mol. The van der Waals surface area contributed by atoms with Crippen molar-refractivity contribution in [3.8, 4) is 11.5 Å². The largest absolute Gasteiger partial charge is 0.467 e. The highest BCUT2D eigenvalue weighted by Gasteiger charge is 2.20. The predicted octanol–water partition coefficient (Wildman–Crippen LogP) is 1.23. The van der Waals surface area contributed by atoms with E-state index in [2.05, 4.69) is 15.2 Å². The molecule has 19 heavy (non-hydrogen) atoms. The molecular weight excluding hydrogens is 252 g/mol. The number of furan rings is 1. The van der Waals surface area contributed by atoms with Gasteiger partial charge in [-0.1, -0.05) is 5.16 Å². The van der Waals surface area contributed by atoms with Gasteiger partial charge in [0.1, 0.15) is 6.04 Å². The minimum Gasteiger partial charge on any atom is -0.467 e. The number of aromatic nitrogens is 1. The molecule has 0 aliphatic heterocycles. The molecule has 1 atom stereocenters. The molecule has 0 aromatic carbocycles. The number of nitrogens with one attached hydrogen (secondary N) is 1. The molecule has 7 nitrogen and oxygen atoms in total. The maximum Gasteiger partial charge on any atom is 0.328 e. The van der Waals surface area contributed by atoms with Crippen LogP contribution in [0.25, 0.3) is 11.5 Å². The molecule has 0 spiro atoms. The Morgan fingerprint density at radius 2 is 2.21 bits per heavy atom. The van der Waals surface area contributed by atoms with E-state index in [-0.39, 0.29) is 5.69 Å². The second-order valence-electron chi connectivity index (χ2n) is 3.77. The van der Waals surface area contributed by atoms with E-state index in [1.807, 2.05) is 0 Å². The Morgan fingerprint density at radius 3 is 2.84 bits per heavy atom. The number of rotatable bonds is 4. The van der Waals surface area contributed by atoms with Crippen molar-refractivity contribution in [3.05, 3.63) is 30.2 Å². The van der Waals surface area contributed by atoms with Crippen LogP contribution in [0.4, 0.5) is 0 Å². The number of hydrogen-bond acceptors (Lipinski definition) is 6. The Kier molecular flexibility index (Phi) is 3.65. The Bertz CT molecular complexity index is 573. The molecule has 1 N–H and O–H groups in total. The second kappa shape index (κ2) is 5.38. The highest BCUT2D eigenvalue weighted by Crippen LogP contribution is 2.20. The van der Waals surface area contributed by atoms with Gasteiger partial charge in [0.05, 0.1) is 13.4 Å². The summed E-state index contributed by atoms with van der Waals surface area (Å²) in [6.07, 6.45) is 1.48. The first-order chi connectivity index (χ1) is 9.11. The van der Waals surface area contributed by atoms with Gasteiger partial charge in [-0.05, 0) is 19.1 Å². The topological polar surface area (TPSA) is 94.6 Å². The molecule has 100 valence electrons. The molecule has 2 rings (SSSR count). The highest BCUT2D eigenvalue weighted by atomic mass is 16.5. The average Bonchev–Trinajstić information content (AvgIpc) is 3.07. The fourth-order valence-electron chi connectivity index (χ4n) is 1.42. The number of esters is 1. The van der Waals surface area contributed by atoms with Crippen molar-refractivity contribution in [1.82, 2.24) is 10.5 Å². The standard InChI is InChI=1S/C12H12N2O5/c1-7(12(16)17-2)13-11(15)8-6-10(19-14-8)9-4-3-5-18-9/h3-7H,1-2H3,(H,13,15). The molecule has 7 heteroatoms. The first kappa shape index (κ1) is 12.9. The van der Waals surface area contributed by atoms with Crippen LogP contribution in [0, 0.1) is 0 Å². The zero-order chi connectivity index (χ0) is 13.8. The summed E-state index contributed by atoms with van der Waals surface area (Å²) in [7, 11) is 1.25. The lowest BCUT2D eigenvalue weighted by atomic mass is 10.3. The lowest BCUT2D eigenvalue weighted by molar-refractivity contribution is -0.142. The SMILES string of the molecule is COC(=O)C(C)NC(=O)c1cc(-c2ccco2)on1. The van der Waals surface area contributed by atoms with Gasteiger partial charge < -0.3 is 19.0 Å². The van der Waals surface area contributed by atoms with E-state index in [0.29, 0.717) is 11.5 Å². The van der Waals surface area contributed by atoms with Gasteiger partial charge >= 0.3 is 5.97 Å². The second-order valence-corrected chi connectivity index (χ2v) is 3.77. The van der Waals surface area contributed by atoms with E-state index in [0.717, 1.165) is 0 Å². The van der Waals surface area contributed by atoms with Gasteiger partial charge in [0, 0.05) is 6.07 Å². The fraction of sp³-hybridized carbons (Fsp3) is 0.250. The molecule has 0 saturated heterocycles. The first-order valence-corrected chi connectivity index (χ1v) is 5.51. The third-order valence-electron chi connectivity index (χ3n) is 2.41. The van der Waals surface area contributed by atoms with E-state index < -0.39 is 17.9 Å². The van der Waals surface area contributed by atoms with Crippen LogP contribution in [-0.2, 0) is 9.53 Å². The Balaban J connectivity index is 2.06. The Morgan fingerprint density at radius 1 is 1.42 bits per heavy atom. The molecule has 0 aliphatic carbocycles. The molecular formula is C12H12N2O5. The van der Waals surface area contributed by atoms with Crippen LogP contribution >= 0.6 is 0 Å². The lowest BCUT2D eigenvalue weighted by Gasteiger charge is -2.09. The van der Waals surface area contributed by atoms with Gasteiger partial charge in [0.25, 0.3) is 5.91 Å². The van der Waals surface area contributed by atoms with Gasteiger partial charge in [-0.3, -0.25) is 4.79 Å². The van der Waals surface area contributed by atoms with Crippen molar-refractivity contribution < 1.29 is 23.3 Å². The Labute approximate surface area is 108 Å². The number of amides is 1. The van der Waals surface area contributed by atoms with Gasteiger partial charge in [-0.25, -0.2) is 4.79 Å². The molecule has 0 bridgehead atoms. The van der Waals surface area contributed by atoms with E-state index >= 15 is 0 Å². The van der Waals surface area contributed by atoms with Crippen LogP contribution < -0.4 is 5.32 Å². The number of hydrogen-bond donors (Lipinski definition) is 1. The van der Waals surface area contributed by atoms with Crippen LogP contribution in [0.5, 0.6) is 0 Å². The van der Waals surface area contributed by atoms with E-state index in [1.165, 1.54) is 26.4 Å². The van der Waals surface area contributed by atoms with Crippen molar-refractivity contribution in [2.24, 2.45) is 0 Å². The summed E-state index contributed by atoms with van der Waals surface area (Å²) in [4.78, 5) is 23.0. The van der Waals surface area contributed by atoms with Gasteiger partial charge in [-0.15, -0.1) is 0 Å². The van der Waals surface area contributed by atoms with Gasteiger partial charge in [0.15, 0.2) is 11.5 Å². The van der Waals surface area contributed by atoms with E-state index in [4.69, 9.17) is 8.94 Å². The van der Waals surface area contributed by atoms with E-state index in [1.54, 1.807) is 12.1 Å². The van der Waals surface area contributed by atoms with E-state index in [9.17, 15) is 9.59 Å². The number of nitrogens with zero attached hydrogens (tertiary/aromatic N) is 1. The third-order valence-corrected chi connectivity index (χ3v) is 2.41. The van der Waals surface area contributed by atoms with Crippen molar-refractivity contribution in [2.75, 3.05) is 7.11 Å². The van der Waals surface area contributed by atoms with Crippen LogP contribution in [0.3, 0.4) is 0 Å². The molecule has 0 fully saturated rings. The summed E-state index contributed by atoms with van der Waals surface area (Å²) in [6, 6.07) is 4.04. The smallest absolute Gasteiger partial charge is 0.328 e. The maximum atomic E-state index is 11.8. The van der Waals surface area contributed by atoms with Crippen molar-refractivity contribution in [1.29, 1.82) is 0 Å². The van der Waals surface area contributed by atoms with Crippen molar-refractivity contribution in [2.45, 2.75) is 13.0 Å². The van der Waals surface area contributed by atoms with Crippen molar-refractivity contribution in [3.63, 3.8) is 0 Å². The summed E-state index contributed by atoms with van der Waals surface area (Å²) in [5, 5.41) is 6.05. The monoisotopic (exact) mass is 264 g/mol. The van der Waals surface area contributed by atoms with Crippen LogP contribution in [0.1, 0.15) is 17.4 Å². The maximum absolute atomic E-state index is 11.8. The van der Waals surface area contributed by atoms with Crippen LogP contribution in [0.2, 0.25) is 0 Å². The highest BCUT2D eigenvalue weighted by molar-refractivity contribution is 5.95. The van der Waals surface area contributed by atoms with Crippen LogP contribution in [-0.4, -0.2) is 30.2 Å². The van der Waals surface area contributed by atoms with Gasteiger partial charge in [-0.2, -0.15) is 0 Å². The van der Waals surface area contributed by atoms with Gasteiger partial charge in [0.2, 0.25) is 5.76 Å². The van der Waals surface area contributed by atoms with Crippen molar-refractivity contribution >= 4 is 11.9 Å². The first-order valence-electron chi connectivity index (χ1n) is 5.51. The summed E-state index contributed by atoms with van der Waals surface area (Å²) in [6.45, 7) is 1.51. The lowest BCUT2D eigenvalue weighted by Crippen LogP contribution is -2.39. The molecule has 1 amide bonds. The molecule has 0 aliphatic rings. The minimum absolute atomic E-state index is 0.0575. The Hall–Kier alpha value is -2.57. The quantitative estimate of drug-likeness (QED) is 0.834. The molecule has 2 heterocycles. The number of methoxy groups -OCH3 is 1. The summed E-state index contributed by atoms with van der Waals surface area (Å²) in [5.41, 5.74) is 0.0575. The zero-order valence-corrected chi connectivity index (χ0v) is 10.4. The number of carbonyl (C=O) groups is 2. The molecule has 0 saturated carbocycles. The summed E-state index contributed by atoms with van der Waals surface area (Å²) in [5.74, 6) is -0.268. The number of carbonyl (C=O) groups excluding carboxylic acids is 2. The average molecular weight is 264 g/mol. The molecule has 2 aromatic rings. The molecule has 2 aromatic heterocycles. The zero-order valence-electron chi connectivity index (χ0n) is 10.4. The van der Waals surface area contributed by atoms with Crippen LogP contribution in [0.15, 0.2) is 33.4 Å². The number of ether oxygens (including phenoxy) is 1. The fourth-order valence-corrected chi connectivity index (χ4v) is 1.42. The summed E-state index contributed by atoms with van der Waals surface area (Å²) < 4.78 is 14.6. The minimum atomic E-state index is -0.763. The molecule has 0 radical (unpaired) electrons. The third kappa shape index (κ3) is 2.82.